The molecular weight excluding hydrogens is 306 g/mol. The van der Waals surface area contributed by atoms with Gasteiger partial charge in [0.05, 0.1) is 5.75 Å². The van der Waals surface area contributed by atoms with Gasteiger partial charge < -0.3 is 10.1 Å². The topological polar surface area (TPSA) is 64.1 Å². The van der Waals surface area contributed by atoms with E-state index in [1.165, 1.54) is 23.5 Å². The minimum Gasteiger partial charge on any atom is -0.459 e. The lowest BCUT2D eigenvalue weighted by Crippen LogP contribution is -2.24. The number of hydrogen-bond donors (Lipinski definition) is 1. The number of thioether (sulfide) groups is 2. The monoisotopic (exact) mass is 329 g/mol. The molecule has 0 aliphatic heterocycles. The molecule has 5 nitrogen and oxygen atoms in total. The molecule has 0 unspecified atom stereocenters. The van der Waals surface area contributed by atoms with Crippen molar-refractivity contribution in [1.82, 2.24) is 9.97 Å². The summed E-state index contributed by atoms with van der Waals surface area (Å²) in [6.45, 7) is 8.54. The van der Waals surface area contributed by atoms with Gasteiger partial charge in [-0.25, -0.2) is 9.97 Å². The Kier molecular flexibility index (Phi) is 7.31. The summed E-state index contributed by atoms with van der Waals surface area (Å²) in [5.74, 6) is 0.803. The van der Waals surface area contributed by atoms with E-state index in [0.29, 0.717) is 5.16 Å². The Labute approximate surface area is 135 Å². The van der Waals surface area contributed by atoms with Crippen LogP contribution in [0, 0.1) is 0 Å². The first-order valence-electron chi connectivity index (χ1n) is 6.85. The molecule has 0 aliphatic carbocycles. The van der Waals surface area contributed by atoms with E-state index in [2.05, 4.69) is 22.2 Å². The van der Waals surface area contributed by atoms with Gasteiger partial charge >= 0.3 is 5.97 Å². The molecule has 21 heavy (non-hydrogen) atoms. The van der Waals surface area contributed by atoms with Crippen LogP contribution in [-0.4, -0.2) is 40.1 Å². The Bertz CT molecular complexity index is 476. The van der Waals surface area contributed by atoms with E-state index in [4.69, 9.17) is 4.74 Å². The predicted molar refractivity (Wildman–Crippen MR) is 89.2 cm³/mol. The van der Waals surface area contributed by atoms with Crippen molar-refractivity contribution in [2.75, 3.05) is 23.9 Å². The summed E-state index contributed by atoms with van der Waals surface area (Å²) in [5.41, 5.74) is -0.457. The third-order valence-corrected chi connectivity index (χ3v) is 3.61. The van der Waals surface area contributed by atoms with Crippen LogP contribution >= 0.6 is 23.5 Å². The number of nitrogens with zero attached hydrogens (tertiary/aromatic N) is 2. The van der Waals surface area contributed by atoms with Crippen LogP contribution in [0.25, 0.3) is 0 Å². The average molecular weight is 329 g/mol. The standard InChI is InChI=1S/C14H23N3O2S2/c1-6-7-15-10-8-11(17-13(16-10)20-5)21-9-12(18)19-14(2,3)4/h8H,6-7,9H2,1-5H3,(H,15,16,17). The van der Waals surface area contributed by atoms with E-state index < -0.39 is 5.60 Å². The average Bonchev–Trinajstić information content (AvgIpc) is 2.41. The van der Waals surface area contributed by atoms with Gasteiger partial charge in [-0.1, -0.05) is 30.4 Å². The molecule has 0 aromatic carbocycles. The molecule has 0 aliphatic rings. The zero-order valence-corrected chi connectivity index (χ0v) is 14.9. The Morgan fingerprint density at radius 1 is 1.38 bits per heavy atom. The number of carbonyl (C=O) groups is 1. The van der Waals surface area contributed by atoms with Crippen LogP contribution in [0.3, 0.4) is 0 Å². The second kappa shape index (κ2) is 8.48. The molecular formula is C14H23N3O2S2. The number of hydrogen-bond acceptors (Lipinski definition) is 7. The van der Waals surface area contributed by atoms with E-state index in [0.717, 1.165) is 23.8 Å². The molecule has 0 bridgehead atoms. The fourth-order valence-corrected chi connectivity index (χ4v) is 2.52. The van der Waals surface area contributed by atoms with Crippen LogP contribution in [0.4, 0.5) is 5.82 Å². The molecule has 118 valence electrons. The molecule has 7 heteroatoms. The number of rotatable bonds is 7. The molecule has 0 saturated carbocycles. The third-order valence-electron chi connectivity index (χ3n) is 2.18. The zero-order chi connectivity index (χ0) is 15.9. The lowest BCUT2D eigenvalue weighted by atomic mass is 10.2. The summed E-state index contributed by atoms with van der Waals surface area (Å²) in [6.07, 6.45) is 2.96. The van der Waals surface area contributed by atoms with Gasteiger partial charge in [0, 0.05) is 12.6 Å². The van der Waals surface area contributed by atoms with Crippen molar-refractivity contribution < 1.29 is 9.53 Å². The van der Waals surface area contributed by atoms with Gasteiger partial charge in [-0.2, -0.15) is 0 Å². The summed E-state index contributed by atoms with van der Waals surface area (Å²) in [7, 11) is 0. The Balaban J connectivity index is 2.67. The number of ether oxygens (including phenoxy) is 1. The highest BCUT2D eigenvalue weighted by Gasteiger charge is 2.16. The van der Waals surface area contributed by atoms with Crippen molar-refractivity contribution in [3.8, 4) is 0 Å². The molecule has 0 amide bonds. The van der Waals surface area contributed by atoms with Crippen LogP contribution in [0.1, 0.15) is 34.1 Å². The van der Waals surface area contributed by atoms with Crippen molar-refractivity contribution in [3.63, 3.8) is 0 Å². The Morgan fingerprint density at radius 3 is 2.67 bits per heavy atom. The van der Waals surface area contributed by atoms with Gasteiger partial charge in [0.15, 0.2) is 5.16 Å². The first kappa shape index (κ1) is 18.1. The smallest absolute Gasteiger partial charge is 0.316 e. The fraction of sp³-hybridized carbons (Fsp3) is 0.643. The van der Waals surface area contributed by atoms with Gasteiger partial charge in [0.2, 0.25) is 0 Å². The zero-order valence-electron chi connectivity index (χ0n) is 13.2. The van der Waals surface area contributed by atoms with Crippen LogP contribution in [0.15, 0.2) is 16.2 Å². The second-order valence-corrected chi connectivity index (χ2v) is 7.15. The molecule has 0 radical (unpaired) electrons. The fourth-order valence-electron chi connectivity index (χ4n) is 1.42. The maximum atomic E-state index is 11.7. The van der Waals surface area contributed by atoms with Crippen molar-refractivity contribution in [1.29, 1.82) is 0 Å². The van der Waals surface area contributed by atoms with Gasteiger partial charge in [-0.15, -0.1) is 0 Å². The minimum absolute atomic E-state index is 0.236. The minimum atomic E-state index is -0.457. The SMILES string of the molecule is CCCNc1cc(SCC(=O)OC(C)(C)C)nc(SC)n1. The lowest BCUT2D eigenvalue weighted by Gasteiger charge is -2.19. The predicted octanol–water partition coefficient (Wildman–Crippen LogP) is 3.45. The van der Waals surface area contributed by atoms with E-state index >= 15 is 0 Å². The molecule has 1 heterocycles. The van der Waals surface area contributed by atoms with E-state index in [9.17, 15) is 4.79 Å². The molecule has 0 fully saturated rings. The maximum absolute atomic E-state index is 11.7. The first-order chi connectivity index (χ1) is 9.84. The van der Waals surface area contributed by atoms with Crippen molar-refractivity contribution in [2.24, 2.45) is 0 Å². The van der Waals surface area contributed by atoms with Crippen molar-refractivity contribution in [3.05, 3.63) is 6.07 Å². The summed E-state index contributed by atoms with van der Waals surface area (Å²) >= 11 is 2.85. The highest BCUT2D eigenvalue weighted by Crippen LogP contribution is 2.22. The molecule has 0 atom stereocenters. The summed E-state index contributed by atoms with van der Waals surface area (Å²) in [4.78, 5) is 20.5. The quantitative estimate of drug-likeness (QED) is 0.356. The highest BCUT2D eigenvalue weighted by atomic mass is 32.2. The Hall–Kier alpha value is -0.950. The summed E-state index contributed by atoms with van der Waals surface area (Å²) < 4.78 is 5.29. The van der Waals surface area contributed by atoms with Crippen LogP contribution in [-0.2, 0) is 9.53 Å². The van der Waals surface area contributed by atoms with Crippen molar-refractivity contribution in [2.45, 2.75) is 49.9 Å². The number of esters is 1. The molecule has 1 rings (SSSR count). The molecule has 1 aromatic heterocycles. The summed E-state index contributed by atoms with van der Waals surface area (Å²) in [5, 5.41) is 4.72. The van der Waals surface area contributed by atoms with E-state index in [1.807, 2.05) is 33.1 Å². The molecule has 1 aromatic rings. The number of anilines is 1. The van der Waals surface area contributed by atoms with Gasteiger partial charge in [0.1, 0.15) is 16.4 Å². The number of aromatic nitrogens is 2. The number of carbonyl (C=O) groups excluding carboxylic acids is 1. The van der Waals surface area contributed by atoms with Gasteiger partial charge in [-0.05, 0) is 33.4 Å². The van der Waals surface area contributed by atoms with Crippen LogP contribution < -0.4 is 5.32 Å². The van der Waals surface area contributed by atoms with Gasteiger partial charge in [0.25, 0.3) is 0 Å². The maximum Gasteiger partial charge on any atom is 0.316 e. The molecule has 0 spiro atoms. The van der Waals surface area contributed by atoms with Crippen molar-refractivity contribution >= 4 is 35.3 Å². The van der Waals surface area contributed by atoms with Crippen LogP contribution in [0.5, 0.6) is 0 Å². The third kappa shape index (κ3) is 7.57. The normalized spacial score (nSPS) is 11.3. The van der Waals surface area contributed by atoms with E-state index in [-0.39, 0.29) is 11.7 Å². The van der Waals surface area contributed by atoms with Gasteiger partial charge in [-0.3, -0.25) is 4.79 Å². The molecule has 0 saturated heterocycles. The first-order valence-corrected chi connectivity index (χ1v) is 9.06. The van der Waals surface area contributed by atoms with E-state index in [1.54, 1.807) is 0 Å². The highest BCUT2D eigenvalue weighted by molar-refractivity contribution is 8.00. The molecule has 1 N–H and O–H groups in total. The largest absolute Gasteiger partial charge is 0.459 e. The Morgan fingerprint density at radius 2 is 2.10 bits per heavy atom. The van der Waals surface area contributed by atoms with Crippen LogP contribution in [0.2, 0.25) is 0 Å². The lowest BCUT2D eigenvalue weighted by molar-refractivity contribution is -0.151. The number of nitrogens with one attached hydrogen (secondary N) is 1. The summed E-state index contributed by atoms with van der Waals surface area (Å²) in [6, 6.07) is 1.87. The second-order valence-electron chi connectivity index (χ2n) is 5.38.